The molecule has 35 heavy (non-hydrogen) atoms. The molecule has 2 aromatic rings. The number of unbranched alkanes of at least 4 members (excludes halogenated alkanes) is 6. The number of fused-ring (bicyclic) bond motifs is 1. The maximum atomic E-state index is 11.9. The monoisotopic (exact) mass is 518 g/mol. The maximum absolute atomic E-state index is 11.9. The number of ether oxygens (including phenoxy) is 1. The van der Waals surface area contributed by atoms with Crippen LogP contribution in [0.15, 0.2) is 47.4 Å². The molecule has 2 aromatic carbocycles. The van der Waals surface area contributed by atoms with Crippen LogP contribution in [0.1, 0.15) is 81.8 Å². The van der Waals surface area contributed by atoms with E-state index in [0.717, 1.165) is 36.5 Å². The number of benzene rings is 2. The first-order valence-electron chi connectivity index (χ1n) is 13.0. The zero-order valence-corrected chi connectivity index (χ0v) is 23.0. The van der Waals surface area contributed by atoms with E-state index in [0.29, 0.717) is 24.0 Å². The van der Waals surface area contributed by atoms with Crippen LogP contribution in [0.2, 0.25) is 0 Å². The molecule has 0 radical (unpaired) electrons. The van der Waals surface area contributed by atoms with Gasteiger partial charge in [-0.2, -0.15) is 0 Å². The Morgan fingerprint density at radius 2 is 1.54 bits per heavy atom. The van der Waals surface area contributed by atoms with Gasteiger partial charge in [0.05, 0.1) is 6.61 Å². The number of rotatable bonds is 15. The summed E-state index contributed by atoms with van der Waals surface area (Å²) in [5, 5.41) is 19.8. The quantitative estimate of drug-likeness (QED) is 0.193. The van der Waals surface area contributed by atoms with E-state index in [9.17, 15) is 14.8 Å². The molecule has 1 heterocycles. The molecule has 3 unspecified atom stereocenters. The maximum Gasteiger partial charge on any atom is 0.116 e. The Bertz CT molecular complexity index is 889. The first-order valence-corrected chi connectivity index (χ1v) is 15.5. The van der Waals surface area contributed by atoms with Gasteiger partial charge in [-0.05, 0) is 60.6 Å². The summed E-state index contributed by atoms with van der Waals surface area (Å²) < 4.78 is 17.0. The molecule has 2 N–H and O–H groups in total. The molecular weight excluding hydrogens is 476 g/mol. The van der Waals surface area contributed by atoms with Gasteiger partial charge >= 0.3 is 0 Å². The molecule has 1 aliphatic heterocycles. The second-order valence-electron chi connectivity index (χ2n) is 9.99. The van der Waals surface area contributed by atoms with Crippen molar-refractivity contribution in [1.82, 2.24) is 0 Å². The van der Waals surface area contributed by atoms with Gasteiger partial charge in [-0.15, -0.1) is 11.8 Å². The minimum Gasteiger partial charge on any atom is -0.616 e. The van der Waals surface area contributed by atoms with Crippen molar-refractivity contribution < 1.29 is 19.5 Å². The van der Waals surface area contributed by atoms with E-state index in [-0.39, 0.29) is 5.41 Å². The van der Waals surface area contributed by atoms with Gasteiger partial charge < -0.3 is 19.5 Å². The average molecular weight is 519 g/mol. The summed E-state index contributed by atoms with van der Waals surface area (Å²) in [6, 6.07) is 13.6. The van der Waals surface area contributed by atoms with Crippen LogP contribution in [0.5, 0.6) is 11.5 Å². The molecule has 4 nitrogen and oxygen atoms in total. The highest BCUT2D eigenvalue weighted by atomic mass is 32.2. The number of phenolic OH excluding ortho intramolecular Hbond substituents is 2. The van der Waals surface area contributed by atoms with Gasteiger partial charge in [0.2, 0.25) is 0 Å². The number of aromatic hydroxyl groups is 2. The fraction of sp³-hybridized carbons (Fsp3) is 0.586. The second-order valence-corrected chi connectivity index (χ2v) is 12.7. The molecule has 6 heteroatoms. The predicted molar refractivity (Wildman–Crippen MR) is 148 cm³/mol. The van der Waals surface area contributed by atoms with E-state index >= 15 is 0 Å². The van der Waals surface area contributed by atoms with E-state index in [1.54, 1.807) is 19.2 Å². The first-order chi connectivity index (χ1) is 16.9. The van der Waals surface area contributed by atoms with Crippen LogP contribution in [0.4, 0.5) is 0 Å². The Balaban J connectivity index is 1.46. The Kier molecular flexibility index (Phi) is 11.6. The standard InChI is InChI=1S/C29H42O4S2/c1-29(23-12-14-24(30)15-13-23)22-34-28-21-25(31)16-17-26(28)27(29)11-8-6-4-3-5-7-9-19-35(32)20-10-18-33-2/h12-17,21,27,30-31H,3-11,18-20,22H2,1-2H3. The van der Waals surface area contributed by atoms with Gasteiger partial charge in [-0.25, -0.2) is 0 Å². The van der Waals surface area contributed by atoms with Crippen molar-refractivity contribution in [2.75, 3.05) is 31.0 Å². The lowest BCUT2D eigenvalue weighted by molar-refractivity contribution is 0.199. The van der Waals surface area contributed by atoms with E-state index in [4.69, 9.17) is 4.74 Å². The predicted octanol–water partition coefficient (Wildman–Crippen LogP) is 7.15. The van der Waals surface area contributed by atoms with Gasteiger partial charge in [0.1, 0.15) is 23.0 Å². The third-order valence-corrected chi connectivity index (χ3v) is 10.2. The van der Waals surface area contributed by atoms with E-state index in [2.05, 4.69) is 25.1 Å². The molecule has 0 fully saturated rings. The van der Waals surface area contributed by atoms with Crippen molar-refractivity contribution in [2.24, 2.45) is 0 Å². The van der Waals surface area contributed by atoms with Crippen LogP contribution in [0.25, 0.3) is 0 Å². The van der Waals surface area contributed by atoms with Crippen molar-refractivity contribution in [1.29, 1.82) is 0 Å². The summed E-state index contributed by atoms with van der Waals surface area (Å²) in [6.07, 6.45) is 10.4. The van der Waals surface area contributed by atoms with Crippen molar-refractivity contribution in [3.63, 3.8) is 0 Å². The smallest absolute Gasteiger partial charge is 0.116 e. The van der Waals surface area contributed by atoms with Gasteiger partial charge in [0, 0.05) is 29.6 Å². The SMILES string of the molecule is COCCC[S+]([O-])CCCCCCCCCC1c2ccc(O)cc2SCC1(C)c1ccc(O)cc1. The van der Waals surface area contributed by atoms with Crippen LogP contribution in [-0.2, 0) is 21.3 Å². The molecule has 0 amide bonds. The molecular formula is C29H42O4S2. The molecule has 0 spiro atoms. The van der Waals surface area contributed by atoms with E-state index in [1.165, 1.54) is 54.5 Å². The van der Waals surface area contributed by atoms with Crippen molar-refractivity contribution in [3.05, 3.63) is 53.6 Å². The fourth-order valence-electron chi connectivity index (χ4n) is 5.17. The zero-order chi connectivity index (χ0) is 25.1. The lowest BCUT2D eigenvalue weighted by Gasteiger charge is -2.43. The van der Waals surface area contributed by atoms with Crippen molar-refractivity contribution in [2.45, 2.75) is 80.9 Å². The minimum atomic E-state index is -0.690. The summed E-state index contributed by atoms with van der Waals surface area (Å²) >= 11 is 1.13. The summed E-state index contributed by atoms with van der Waals surface area (Å²) in [5.41, 5.74) is 2.60. The first kappa shape index (κ1) is 28.2. The lowest BCUT2D eigenvalue weighted by atomic mass is 9.68. The Hall–Kier alpha value is -1.34. The van der Waals surface area contributed by atoms with E-state index in [1.807, 2.05) is 23.9 Å². The molecule has 0 saturated carbocycles. The molecule has 1 aliphatic rings. The summed E-state index contributed by atoms with van der Waals surface area (Å²) in [6.45, 7) is 3.06. The van der Waals surface area contributed by atoms with Crippen LogP contribution in [0, 0.1) is 0 Å². The van der Waals surface area contributed by atoms with Gasteiger partial charge in [-0.3, -0.25) is 0 Å². The minimum absolute atomic E-state index is 0.0127. The molecule has 0 aromatic heterocycles. The Morgan fingerprint density at radius 1 is 0.914 bits per heavy atom. The van der Waals surface area contributed by atoms with Crippen molar-refractivity contribution >= 4 is 22.9 Å². The molecule has 3 atom stereocenters. The number of hydrogen-bond acceptors (Lipinski definition) is 5. The molecule has 3 rings (SSSR count). The average Bonchev–Trinajstić information content (AvgIpc) is 2.84. The van der Waals surface area contributed by atoms with Crippen LogP contribution >= 0.6 is 11.8 Å². The number of thioether (sulfide) groups is 1. The normalized spacial score (nSPS) is 20.5. The number of methoxy groups -OCH3 is 1. The van der Waals surface area contributed by atoms with Gasteiger partial charge in [0.15, 0.2) is 0 Å². The van der Waals surface area contributed by atoms with E-state index < -0.39 is 11.2 Å². The Morgan fingerprint density at radius 3 is 2.26 bits per heavy atom. The number of phenols is 2. The summed E-state index contributed by atoms with van der Waals surface area (Å²) in [7, 11) is 1.69. The van der Waals surface area contributed by atoms with Crippen LogP contribution in [-0.4, -0.2) is 45.7 Å². The lowest BCUT2D eigenvalue weighted by Crippen LogP contribution is -2.36. The van der Waals surface area contributed by atoms with Crippen molar-refractivity contribution in [3.8, 4) is 11.5 Å². The summed E-state index contributed by atoms with van der Waals surface area (Å²) in [4.78, 5) is 1.20. The van der Waals surface area contributed by atoms with Gasteiger partial charge in [0.25, 0.3) is 0 Å². The third-order valence-electron chi connectivity index (χ3n) is 7.28. The Labute approximate surface area is 219 Å². The highest BCUT2D eigenvalue weighted by Gasteiger charge is 2.41. The fourth-order valence-corrected chi connectivity index (χ4v) is 7.74. The molecule has 0 saturated heterocycles. The molecule has 0 aliphatic carbocycles. The topological polar surface area (TPSA) is 72.8 Å². The zero-order valence-electron chi connectivity index (χ0n) is 21.3. The van der Waals surface area contributed by atoms with Crippen LogP contribution in [0.3, 0.4) is 0 Å². The number of hydrogen-bond donors (Lipinski definition) is 2. The third kappa shape index (κ3) is 8.34. The second kappa shape index (κ2) is 14.4. The molecule has 0 bridgehead atoms. The largest absolute Gasteiger partial charge is 0.616 e. The highest BCUT2D eigenvalue weighted by Crippen LogP contribution is 2.52. The van der Waals surface area contributed by atoms with Gasteiger partial charge in [-0.1, -0.05) is 68.4 Å². The summed E-state index contributed by atoms with van der Waals surface area (Å²) in [5.74, 6) is 3.58. The van der Waals surface area contributed by atoms with Crippen LogP contribution < -0.4 is 0 Å². The highest BCUT2D eigenvalue weighted by molar-refractivity contribution is 7.99. The molecule has 194 valence electrons.